The third-order valence-electron chi connectivity index (χ3n) is 2.25. The van der Waals surface area contributed by atoms with Crippen molar-refractivity contribution in [3.63, 3.8) is 0 Å². The zero-order chi connectivity index (χ0) is 12.3. The van der Waals surface area contributed by atoms with Crippen LogP contribution < -0.4 is 0 Å². The molecule has 0 aromatic heterocycles. The Labute approximate surface area is 101 Å². The Kier molecular flexibility index (Phi) is 5.32. The van der Waals surface area contributed by atoms with E-state index in [9.17, 15) is 0 Å². The van der Waals surface area contributed by atoms with Crippen molar-refractivity contribution in [2.45, 2.75) is 51.6 Å². The maximum atomic E-state index is 9.12. The van der Waals surface area contributed by atoms with E-state index in [1.54, 1.807) is 0 Å². The van der Waals surface area contributed by atoms with Gasteiger partial charge in [0.25, 0.3) is 0 Å². The molecule has 0 aromatic carbocycles. The third kappa shape index (κ3) is 5.19. The molecule has 1 unspecified atom stereocenters. The van der Waals surface area contributed by atoms with E-state index in [-0.39, 0.29) is 18.3 Å². The average molecular weight is 270 g/mol. The van der Waals surface area contributed by atoms with Crippen LogP contribution in [0.1, 0.15) is 27.2 Å². The molecule has 7 heteroatoms. The number of hydrogen-bond donors (Lipinski definition) is 2. The molecule has 1 fully saturated rings. The van der Waals surface area contributed by atoms with Gasteiger partial charge >= 0.3 is 6.72 Å². The molecule has 0 bridgehead atoms. The van der Waals surface area contributed by atoms with Crippen molar-refractivity contribution in [3.05, 3.63) is 0 Å². The molecule has 1 saturated heterocycles. The minimum atomic E-state index is -3.63. The Balaban J connectivity index is 2.49. The molecule has 0 aliphatic carbocycles. The van der Waals surface area contributed by atoms with Gasteiger partial charge in [-0.3, -0.25) is 0 Å². The second-order valence-corrected chi connectivity index (χ2v) is 6.86. The number of hydrogen-bond acceptors (Lipinski definition) is 4. The van der Waals surface area contributed by atoms with E-state index in [4.69, 9.17) is 23.8 Å². The molecule has 1 rings (SSSR count). The molecule has 0 amide bonds. The summed E-state index contributed by atoms with van der Waals surface area (Å²) in [6, 6.07) is 0. The molecule has 5 nitrogen and oxygen atoms in total. The molecule has 2 N–H and O–H groups in total. The number of ether oxygens (including phenoxy) is 2. The average Bonchev–Trinajstić information content (AvgIpc) is 2.39. The quantitative estimate of drug-likeness (QED) is 0.731. The second kappa shape index (κ2) is 5.87. The fraction of sp³-hybridized carbons (Fsp3) is 1.00. The van der Waals surface area contributed by atoms with Gasteiger partial charge in [-0.1, -0.05) is 0 Å². The summed E-state index contributed by atoms with van der Waals surface area (Å²) in [5.74, 6) is 0. The van der Waals surface area contributed by atoms with Gasteiger partial charge in [0.2, 0.25) is 0 Å². The summed E-state index contributed by atoms with van der Waals surface area (Å²) in [5.41, 5.74) is 0. The minimum Gasteiger partial charge on any atom is -0.376 e. The largest absolute Gasteiger partial charge is 0.376 e. The van der Waals surface area contributed by atoms with E-state index >= 15 is 0 Å². The first-order chi connectivity index (χ1) is 7.28. The van der Waals surface area contributed by atoms with Gasteiger partial charge in [0.15, 0.2) is 0 Å². The van der Waals surface area contributed by atoms with E-state index in [0.29, 0.717) is 13.0 Å². The van der Waals surface area contributed by atoms with Gasteiger partial charge < -0.3 is 23.8 Å². The first kappa shape index (κ1) is 14.5. The zero-order valence-corrected chi connectivity index (χ0v) is 11.4. The topological polar surface area (TPSA) is 68.2 Å². The Morgan fingerprint density at radius 3 is 2.62 bits per heavy atom. The molecule has 1 aliphatic rings. The van der Waals surface area contributed by atoms with E-state index in [1.807, 2.05) is 20.8 Å². The highest BCUT2D eigenvalue weighted by Gasteiger charge is 2.36. The molecule has 3 atom stereocenters. The van der Waals surface area contributed by atoms with Crippen molar-refractivity contribution in [3.8, 4) is 0 Å². The fourth-order valence-electron chi connectivity index (χ4n) is 1.64. The lowest BCUT2D eigenvalue weighted by molar-refractivity contribution is -0.0521. The van der Waals surface area contributed by atoms with Crippen LogP contribution in [0.2, 0.25) is 0 Å². The molecule has 0 spiro atoms. The highest BCUT2D eigenvalue weighted by molar-refractivity contribution is 8.06. The van der Waals surface area contributed by atoms with Gasteiger partial charge in [0.1, 0.15) is 6.10 Å². The summed E-state index contributed by atoms with van der Waals surface area (Å²) >= 11 is 4.45. The molecule has 1 heterocycles. The van der Waals surface area contributed by atoms with Crippen LogP contribution in [0.25, 0.3) is 0 Å². The molecule has 0 saturated carbocycles. The van der Waals surface area contributed by atoms with Crippen molar-refractivity contribution in [1.82, 2.24) is 0 Å². The molecular formula is C9H19O5PS. The van der Waals surface area contributed by atoms with Crippen molar-refractivity contribution in [2.75, 3.05) is 6.61 Å². The predicted molar refractivity (Wildman–Crippen MR) is 63.6 cm³/mol. The van der Waals surface area contributed by atoms with Crippen LogP contribution in [-0.4, -0.2) is 40.8 Å². The summed E-state index contributed by atoms with van der Waals surface area (Å²) in [6.07, 6.45) is 0.0541. The van der Waals surface area contributed by atoms with Crippen LogP contribution in [0, 0.1) is 0 Å². The summed E-state index contributed by atoms with van der Waals surface area (Å²) in [7, 11) is 0. The van der Waals surface area contributed by atoms with Crippen molar-refractivity contribution >= 4 is 18.5 Å². The highest BCUT2D eigenvalue weighted by Crippen LogP contribution is 2.42. The van der Waals surface area contributed by atoms with Gasteiger partial charge in [-0.05, 0) is 32.6 Å². The van der Waals surface area contributed by atoms with Crippen molar-refractivity contribution in [2.24, 2.45) is 0 Å². The van der Waals surface area contributed by atoms with Crippen LogP contribution in [-0.2, 0) is 25.8 Å². The molecule has 0 radical (unpaired) electrons. The second-order valence-electron chi connectivity index (χ2n) is 4.24. The molecular weight excluding hydrogens is 251 g/mol. The fourth-order valence-corrected chi connectivity index (χ4v) is 2.55. The molecule has 96 valence electrons. The van der Waals surface area contributed by atoms with Gasteiger partial charge in [-0.15, -0.1) is 0 Å². The smallest absolute Gasteiger partial charge is 0.322 e. The maximum absolute atomic E-state index is 9.12. The van der Waals surface area contributed by atoms with Gasteiger partial charge in [0.05, 0.1) is 24.9 Å². The van der Waals surface area contributed by atoms with Gasteiger partial charge in [0, 0.05) is 6.42 Å². The van der Waals surface area contributed by atoms with E-state index in [0.717, 1.165) is 0 Å². The Hall–Kier alpha value is 0.450. The number of rotatable bonds is 5. The molecule has 1 aliphatic heterocycles. The lowest BCUT2D eigenvalue weighted by Gasteiger charge is -2.21. The summed E-state index contributed by atoms with van der Waals surface area (Å²) < 4.78 is 16.0. The Bertz CT molecular complexity index is 267. The van der Waals surface area contributed by atoms with Crippen molar-refractivity contribution in [1.29, 1.82) is 0 Å². The Morgan fingerprint density at radius 2 is 2.12 bits per heavy atom. The monoisotopic (exact) mass is 270 g/mol. The van der Waals surface area contributed by atoms with Crippen LogP contribution in [0.15, 0.2) is 0 Å². The summed E-state index contributed by atoms with van der Waals surface area (Å²) in [4.78, 5) is 18.2. The van der Waals surface area contributed by atoms with Crippen LogP contribution in [0.3, 0.4) is 0 Å². The first-order valence-electron chi connectivity index (χ1n) is 5.29. The van der Waals surface area contributed by atoms with E-state index < -0.39 is 12.8 Å². The van der Waals surface area contributed by atoms with E-state index in [2.05, 4.69) is 11.8 Å². The standard InChI is InChI=1S/C9H19O5PS/c1-6(2)12-5-9-8(4-7(3)13-9)14-15(10,11)16/h6-9H,4-5H2,1-3H3,(H2,10,11,16)/t7-,8?,9+/m0/s1. The van der Waals surface area contributed by atoms with Gasteiger partial charge in [-0.2, -0.15) is 0 Å². The predicted octanol–water partition coefficient (Wildman–Crippen LogP) is 1.18. The molecule has 16 heavy (non-hydrogen) atoms. The van der Waals surface area contributed by atoms with Crippen molar-refractivity contribution < 1.29 is 23.8 Å². The summed E-state index contributed by atoms with van der Waals surface area (Å²) in [5, 5.41) is 0. The maximum Gasteiger partial charge on any atom is 0.322 e. The van der Waals surface area contributed by atoms with Crippen LogP contribution in [0.5, 0.6) is 0 Å². The third-order valence-corrected chi connectivity index (χ3v) is 3.06. The molecule has 0 aromatic rings. The van der Waals surface area contributed by atoms with Crippen LogP contribution >= 0.6 is 6.72 Å². The summed E-state index contributed by atoms with van der Waals surface area (Å²) in [6.45, 7) is 2.51. The van der Waals surface area contributed by atoms with Gasteiger partial charge in [-0.25, -0.2) is 0 Å². The lowest BCUT2D eigenvalue weighted by atomic mass is 10.1. The normalized spacial score (nSPS) is 31.2. The SMILES string of the molecule is CC(C)OC[C@H]1O[C@@H](C)CC1OP(O)(O)=S. The van der Waals surface area contributed by atoms with E-state index in [1.165, 1.54) is 0 Å². The van der Waals surface area contributed by atoms with Crippen LogP contribution in [0.4, 0.5) is 0 Å². The minimum absolute atomic E-state index is 0.0207. The first-order valence-corrected chi connectivity index (χ1v) is 7.91. The zero-order valence-electron chi connectivity index (χ0n) is 9.70. The lowest BCUT2D eigenvalue weighted by Crippen LogP contribution is -2.29. The highest BCUT2D eigenvalue weighted by atomic mass is 32.5. The Morgan fingerprint density at radius 1 is 1.50 bits per heavy atom.